The molecule has 1 unspecified atom stereocenters. The normalized spacial score (nSPS) is 36.2. The van der Waals surface area contributed by atoms with Gasteiger partial charge in [0.2, 0.25) is 6.29 Å². The van der Waals surface area contributed by atoms with E-state index < -0.39 is 61.5 Å². The van der Waals surface area contributed by atoms with Gasteiger partial charge in [-0.1, -0.05) is 6.08 Å². The minimum atomic E-state index is -1.64. The van der Waals surface area contributed by atoms with E-state index in [1.807, 2.05) is 0 Å². The molecule has 0 amide bonds. The summed E-state index contributed by atoms with van der Waals surface area (Å²) >= 11 is 0. The molecule has 0 radical (unpaired) electrons. The number of rotatable bonds is 6. The van der Waals surface area contributed by atoms with Crippen LogP contribution in [-0.2, 0) is 33.3 Å². The van der Waals surface area contributed by atoms with Crippen LogP contribution in [-0.4, -0.2) is 90.2 Å². The zero-order chi connectivity index (χ0) is 21.7. The molecule has 164 valence electrons. The highest BCUT2D eigenvalue weighted by Crippen LogP contribution is 2.36. The maximum Gasteiger partial charge on any atom is 0.337 e. The first kappa shape index (κ1) is 23.3. The molecule has 0 saturated carbocycles. The Balaban J connectivity index is 2.27. The summed E-state index contributed by atoms with van der Waals surface area (Å²) in [5.41, 5.74) is 0.426. The summed E-state index contributed by atoms with van der Waals surface area (Å²) in [7, 11) is 2.39. The molecule has 1 fully saturated rings. The molecule has 7 atom stereocenters. The number of hydrogen-bond donors (Lipinski definition) is 4. The molecule has 2 aliphatic rings. The standard InChI is InChI=1S/C18H26O11/c1-4-8-9(5-12(20)25-2)10(16(24)26-3)7-27-17(8)29-18-15(23)14(22)13(21)11(6-19)28-18/h4,7,9,11,13-15,17-19,21-23H,5-6H2,1-3H3/b8-4-/t9-,11+,13+,14-,15+,17-,18?/m0/s1. The van der Waals surface area contributed by atoms with Crippen molar-refractivity contribution in [1.82, 2.24) is 0 Å². The minimum absolute atomic E-state index is 0.0691. The number of aliphatic hydroxyl groups excluding tert-OH is 4. The first-order valence-electron chi connectivity index (χ1n) is 8.91. The summed E-state index contributed by atoms with van der Waals surface area (Å²) in [6, 6.07) is 0. The lowest BCUT2D eigenvalue weighted by Crippen LogP contribution is -2.60. The van der Waals surface area contributed by atoms with Gasteiger partial charge in [-0.15, -0.1) is 0 Å². The van der Waals surface area contributed by atoms with Crippen LogP contribution in [0.4, 0.5) is 0 Å². The van der Waals surface area contributed by atoms with Crippen LogP contribution < -0.4 is 0 Å². The molecular weight excluding hydrogens is 392 g/mol. The fraction of sp³-hybridized carbons (Fsp3) is 0.667. The molecule has 1 saturated heterocycles. The van der Waals surface area contributed by atoms with Gasteiger partial charge in [-0.2, -0.15) is 0 Å². The lowest BCUT2D eigenvalue weighted by molar-refractivity contribution is -0.327. The van der Waals surface area contributed by atoms with E-state index in [9.17, 15) is 30.0 Å². The van der Waals surface area contributed by atoms with E-state index in [2.05, 4.69) is 4.74 Å². The van der Waals surface area contributed by atoms with Crippen molar-refractivity contribution >= 4 is 11.9 Å². The third kappa shape index (κ3) is 4.94. The molecule has 0 aromatic heterocycles. The second kappa shape index (κ2) is 10.1. The van der Waals surface area contributed by atoms with Crippen LogP contribution in [0.3, 0.4) is 0 Å². The summed E-state index contributed by atoms with van der Waals surface area (Å²) in [5.74, 6) is -2.08. The Morgan fingerprint density at radius 2 is 1.83 bits per heavy atom. The Bertz CT molecular complexity index is 656. The van der Waals surface area contributed by atoms with Crippen LogP contribution in [0.15, 0.2) is 23.5 Å². The first-order valence-corrected chi connectivity index (χ1v) is 8.91. The van der Waals surface area contributed by atoms with Crippen molar-refractivity contribution in [2.75, 3.05) is 20.8 Å². The van der Waals surface area contributed by atoms with E-state index in [4.69, 9.17) is 18.9 Å². The zero-order valence-corrected chi connectivity index (χ0v) is 16.3. The number of esters is 2. The molecule has 0 spiro atoms. The summed E-state index contributed by atoms with van der Waals surface area (Å²) in [6.45, 7) is 1.01. The molecule has 0 aromatic carbocycles. The minimum Gasteiger partial charge on any atom is -0.469 e. The highest BCUT2D eigenvalue weighted by molar-refractivity contribution is 5.90. The largest absolute Gasteiger partial charge is 0.469 e. The zero-order valence-electron chi connectivity index (χ0n) is 16.3. The molecule has 2 heterocycles. The van der Waals surface area contributed by atoms with Crippen molar-refractivity contribution in [3.63, 3.8) is 0 Å². The number of methoxy groups -OCH3 is 2. The summed E-state index contributed by atoms with van der Waals surface area (Å²) in [5, 5.41) is 39.2. The first-order chi connectivity index (χ1) is 13.8. The average molecular weight is 418 g/mol. The number of allylic oxidation sites excluding steroid dienone is 1. The Morgan fingerprint density at radius 3 is 2.38 bits per heavy atom. The fourth-order valence-corrected chi connectivity index (χ4v) is 3.18. The third-order valence-corrected chi connectivity index (χ3v) is 4.83. The predicted octanol–water partition coefficient (Wildman–Crippen LogP) is -1.66. The SMILES string of the molecule is C/C=C1\[C@H](OC2O[C@H](CO)[C@@H](O)[C@H](O)[C@H]2O)OC=C(C(=O)OC)[C@H]1CC(=O)OC. The molecule has 2 rings (SSSR count). The molecule has 2 aliphatic heterocycles. The Kier molecular flexibility index (Phi) is 8.14. The topological polar surface area (TPSA) is 161 Å². The van der Waals surface area contributed by atoms with Gasteiger partial charge in [-0.3, -0.25) is 4.79 Å². The number of aliphatic hydroxyl groups is 4. The van der Waals surface area contributed by atoms with E-state index in [-0.39, 0.29) is 12.0 Å². The van der Waals surface area contributed by atoms with E-state index >= 15 is 0 Å². The van der Waals surface area contributed by atoms with Crippen molar-refractivity contribution < 1.29 is 53.7 Å². The second-order valence-electron chi connectivity index (χ2n) is 6.49. The molecule has 4 N–H and O–H groups in total. The van der Waals surface area contributed by atoms with Gasteiger partial charge in [0.15, 0.2) is 6.29 Å². The van der Waals surface area contributed by atoms with Crippen molar-refractivity contribution in [3.8, 4) is 0 Å². The molecule has 11 heteroatoms. The average Bonchev–Trinajstić information content (AvgIpc) is 2.73. The van der Waals surface area contributed by atoms with Gasteiger partial charge in [0, 0.05) is 11.5 Å². The van der Waals surface area contributed by atoms with Crippen LogP contribution in [0.2, 0.25) is 0 Å². The van der Waals surface area contributed by atoms with E-state index in [1.54, 1.807) is 13.0 Å². The fourth-order valence-electron chi connectivity index (χ4n) is 3.18. The van der Waals surface area contributed by atoms with E-state index in [0.29, 0.717) is 5.57 Å². The number of carbonyl (C=O) groups excluding carboxylic acids is 2. The Morgan fingerprint density at radius 1 is 1.14 bits per heavy atom. The Hall–Kier alpha value is -2.02. The van der Waals surface area contributed by atoms with Gasteiger partial charge in [0.25, 0.3) is 0 Å². The number of hydrogen-bond acceptors (Lipinski definition) is 11. The smallest absolute Gasteiger partial charge is 0.337 e. The second-order valence-corrected chi connectivity index (χ2v) is 6.49. The van der Waals surface area contributed by atoms with Gasteiger partial charge in [-0.25, -0.2) is 4.79 Å². The molecule has 29 heavy (non-hydrogen) atoms. The number of carbonyl (C=O) groups is 2. The van der Waals surface area contributed by atoms with E-state index in [1.165, 1.54) is 14.2 Å². The quantitative estimate of drug-likeness (QED) is 0.289. The van der Waals surface area contributed by atoms with Gasteiger partial charge in [0.1, 0.15) is 24.4 Å². The van der Waals surface area contributed by atoms with Gasteiger partial charge >= 0.3 is 11.9 Å². The molecule has 0 aliphatic carbocycles. The van der Waals surface area contributed by atoms with Gasteiger partial charge < -0.3 is 44.1 Å². The summed E-state index contributed by atoms with van der Waals surface area (Å²) in [6.07, 6.45) is -6.17. The molecule has 0 bridgehead atoms. The monoisotopic (exact) mass is 418 g/mol. The lowest BCUT2D eigenvalue weighted by Gasteiger charge is -2.41. The van der Waals surface area contributed by atoms with Crippen LogP contribution in [0.25, 0.3) is 0 Å². The lowest BCUT2D eigenvalue weighted by atomic mass is 9.86. The summed E-state index contributed by atoms with van der Waals surface area (Å²) < 4.78 is 25.8. The highest BCUT2D eigenvalue weighted by Gasteiger charge is 2.46. The van der Waals surface area contributed by atoms with E-state index in [0.717, 1.165) is 6.26 Å². The molecule has 11 nitrogen and oxygen atoms in total. The van der Waals surface area contributed by atoms with Crippen LogP contribution in [0.1, 0.15) is 13.3 Å². The maximum absolute atomic E-state index is 12.1. The molecule has 0 aromatic rings. The third-order valence-electron chi connectivity index (χ3n) is 4.83. The van der Waals surface area contributed by atoms with Crippen LogP contribution >= 0.6 is 0 Å². The van der Waals surface area contributed by atoms with Crippen molar-refractivity contribution in [3.05, 3.63) is 23.5 Å². The number of ether oxygens (including phenoxy) is 5. The Labute approximate surface area is 167 Å². The summed E-state index contributed by atoms with van der Waals surface area (Å²) in [4.78, 5) is 23.9. The van der Waals surface area contributed by atoms with Crippen molar-refractivity contribution in [1.29, 1.82) is 0 Å². The maximum atomic E-state index is 12.1. The highest BCUT2D eigenvalue weighted by atomic mass is 16.8. The van der Waals surface area contributed by atoms with Gasteiger partial charge in [0.05, 0.1) is 39.1 Å². The van der Waals surface area contributed by atoms with Gasteiger partial charge in [-0.05, 0) is 6.92 Å². The van der Waals surface area contributed by atoms with Crippen LogP contribution in [0, 0.1) is 5.92 Å². The molecular formula is C18H26O11. The van der Waals surface area contributed by atoms with Crippen LogP contribution in [0.5, 0.6) is 0 Å². The van der Waals surface area contributed by atoms with Crippen molar-refractivity contribution in [2.45, 2.75) is 50.3 Å². The van der Waals surface area contributed by atoms with Crippen molar-refractivity contribution in [2.24, 2.45) is 5.92 Å². The predicted molar refractivity (Wildman–Crippen MR) is 93.7 cm³/mol.